The van der Waals surface area contributed by atoms with Crippen molar-refractivity contribution >= 4 is 15.9 Å². The molecule has 0 bridgehead atoms. The van der Waals surface area contributed by atoms with Gasteiger partial charge in [-0.1, -0.05) is 6.07 Å². The van der Waals surface area contributed by atoms with Gasteiger partial charge in [0.1, 0.15) is 11.5 Å². The highest BCUT2D eigenvalue weighted by Crippen LogP contribution is 2.34. The van der Waals surface area contributed by atoms with E-state index >= 15 is 0 Å². The fraction of sp³-hybridized carbons (Fsp3) is 0.0833. The van der Waals surface area contributed by atoms with Crippen LogP contribution in [0.1, 0.15) is 0 Å². The molecule has 0 unspecified atom stereocenters. The Bertz CT molecular complexity index is 619. The topological polar surface area (TPSA) is 31.4 Å². The maximum Gasteiger partial charge on any atom is 0.573 e. The molecule has 1 aromatic heterocycles. The highest BCUT2D eigenvalue weighted by molar-refractivity contribution is 9.10. The molecule has 0 aliphatic heterocycles. The maximum atomic E-state index is 12.9. The van der Waals surface area contributed by atoms with E-state index in [9.17, 15) is 17.6 Å². The zero-order valence-electron chi connectivity index (χ0n) is 9.62. The molecule has 1 aromatic carbocycles. The Kier molecular flexibility index (Phi) is 4.12. The smallest absolute Gasteiger partial charge is 0.439 e. The van der Waals surface area contributed by atoms with Gasteiger partial charge in [0, 0.05) is 6.07 Å². The molecule has 0 N–H and O–H groups in total. The second kappa shape index (κ2) is 5.66. The lowest BCUT2D eigenvalue weighted by molar-refractivity contribution is -0.274. The number of halogens is 5. The highest BCUT2D eigenvalue weighted by atomic mass is 79.9. The van der Waals surface area contributed by atoms with Crippen molar-refractivity contribution in [1.82, 2.24) is 4.98 Å². The van der Waals surface area contributed by atoms with Crippen LogP contribution in [-0.4, -0.2) is 11.3 Å². The number of aromatic nitrogens is 1. The number of nitrogens with zero attached hydrogens (tertiary/aromatic N) is 1. The minimum atomic E-state index is -4.78. The van der Waals surface area contributed by atoms with Gasteiger partial charge < -0.3 is 9.47 Å². The number of ether oxygens (including phenoxy) is 2. The largest absolute Gasteiger partial charge is 0.573 e. The van der Waals surface area contributed by atoms with Gasteiger partial charge in [-0.15, -0.1) is 13.2 Å². The SMILES string of the molecule is Fc1cccc(Oc2ccc(OC(F)(F)F)c(Br)c2)n1. The van der Waals surface area contributed by atoms with E-state index in [1.54, 1.807) is 0 Å². The van der Waals surface area contributed by atoms with Gasteiger partial charge in [0.2, 0.25) is 11.8 Å². The molecule has 2 aromatic rings. The van der Waals surface area contributed by atoms with Gasteiger partial charge in [0.25, 0.3) is 0 Å². The number of rotatable bonds is 3. The summed E-state index contributed by atoms with van der Waals surface area (Å²) in [6, 6.07) is 7.53. The third-order valence-electron chi connectivity index (χ3n) is 2.04. The standard InChI is InChI=1S/C12H6BrF4NO2/c13-8-6-7(4-5-9(8)20-12(15,16)17)19-11-3-1-2-10(14)18-11/h1-6H. The van der Waals surface area contributed by atoms with Crippen LogP contribution in [0.25, 0.3) is 0 Å². The average molecular weight is 352 g/mol. The quantitative estimate of drug-likeness (QED) is 0.594. The Morgan fingerprint density at radius 1 is 1.10 bits per heavy atom. The van der Waals surface area contributed by atoms with Crippen molar-refractivity contribution < 1.29 is 27.0 Å². The summed E-state index contributed by atoms with van der Waals surface area (Å²) in [5, 5.41) is 0. The Hall–Kier alpha value is -1.83. The molecule has 3 nitrogen and oxygen atoms in total. The molecule has 106 valence electrons. The Morgan fingerprint density at radius 2 is 1.85 bits per heavy atom. The predicted octanol–water partition coefficient (Wildman–Crippen LogP) is 4.67. The van der Waals surface area contributed by atoms with E-state index in [4.69, 9.17) is 4.74 Å². The van der Waals surface area contributed by atoms with E-state index in [2.05, 4.69) is 25.7 Å². The first-order chi connectivity index (χ1) is 9.33. The summed E-state index contributed by atoms with van der Waals surface area (Å²) in [4.78, 5) is 3.46. The molecule has 0 radical (unpaired) electrons. The van der Waals surface area contributed by atoms with Gasteiger partial charge in [-0.25, -0.2) is 0 Å². The lowest BCUT2D eigenvalue weighted by Gasteiger charge is -2.11. The van der Waals surface area contributed by atoms with Crippen LogP contribution < -0.4 is 9.47 Å². The van der Waals surface area contributed by atoms with Crippen molar-refractivity contribution in [2.45, 2.75) is 6.36 Å². The molecule has 8 heteroatoms. The van der Waals surface area contributed by atoms with Gasteiger partial charge >= 0.3 is 6.36 Å². The normalized spacial score (nSPS) is 11.2. The minimum Gasteiger partial charge on any atom is -0.439 e. The Labute approximate surface area is 119 Å². The van der Waals surface area contributed by atoms with Gasteiger partial charge in [0.15, 0.2) is 0 Å². The van der Waals surface area contributed by atoms with Gasteiger partial charge in [-0.05, 0) is 40.2 Å². The first-order valence-electron chi connectivity index (χ1n) is 5.19. The van der Waals surface area contributed by atoms with E-state index < -0.39 is 18.1 Å². The Balaban J connectivity index is 2.17. The van der Waals surface area contributed by atoms with Crippen molar-refractivity contribution in [1.29, 1.82) is 0 Å². The third-order valence-corrected chi connectivity index (χ3v) is 2.66. The van der Waals surface area contributed by atoms with Gasteiger partial charge in [0.05, 0.1) is 4.47 Å². The second-order valence-electron chi connectivity index (χ2n) is 3.54. The van der Waals surface area contributed by atoms with Crippen LogP contribution in [0, 0.1) is 5.95 Å². The molecule has 2 rings (SSSR count). The van der Waals surface area contributed by atoms with Crippen molar-refractivity contribution in [3.8, 4) is 17.4 Å². The van der Waals surface area contributed by atoms with Crippen molar-refractivity contribution in [3.63, 3.8) is 0 Å². The molecule has 20 heavy (non-hydrogen) atoms. The van der Waals surface area contributed by atoms with Crippen LogP contribution >= 0.6 is 15.9 Å². The second-order valence-corrected chi connectivity index (χ2v) is 4.39. The summed E-state index contributed by atoms with van der Waals surface area (Å²) in [6.07, 6.45) is -4.78. The number of pyridine rings is 1. The monoisotopic (exact) mass is 351 g/mol. The van der Waals surface area contributed by atoms with E-state index in [1.165, 1.54) is 24.3 Å². The number of hydrogen-bond acceptors (Lipinski definition) is 3. The van der Waals surface area contributed by atoms with Crippen molar-refractivity contribution in [3.05, 3.63) is 46.8 Å². The fourth-order valence-corrected chi connectivity index (χ4v) is 1.76. The molecule has 0 aliphatic carbocycles. The van der Waals surface area contributed by atoms with Crippen molar-refractivity contribution in [2.24, 2.45) is 0 Å². The van der Waals surface area contributed by atoms with Crippen molar-refractivity contribution in [2.75, 3.05) is 0 Å². The molecule has 0 saturated heterocycles. The van der Waals surface area contributed by atoms with E-state index in [1.807, 2.05) is 0 Å². The molecule has 0 fully saturated rings. The average Bonchev–Trinajstić information content (AvgIpc) is 2.31. The molecule has 0 spiro atoms. The zero-order chi connectivity index (χ0) is 14.8. The molecular formula is C12H6BrF4NO2. The van der Waals surface area contributed by atoms with Crippen LogP contribution in [0.5, 0.6) is 17.4 Å². The Morgan fingerprint density at radius 3 is 2.45 bits per heavy atom. The number of alkyl halides is 3. The molecule has 0 saturated carbocycles. The lowest BCUT2D eigenvalue weighted by atomic mass is 10.3. The molecular weight excluding hydrogens is 346 g/mol. The number of benzene rings is 1. The van der Waals surface area contributed by atoms with E-state index in [0.29, 0.717) is 0 Å². The van der Waals surface area contributed by atoms with Gasteiger partial charge in [-0.2, -0.15) is 9.37 Å². The van der Waals surface area contributed by atoms with Crippen LogP contribution in [0.2, 0.25) is 0 Å². The summed E-state index contributed by atoms with van der Waals surface area (Å²) in [5.41, 5.74) is 0. The van der Waals surface area contributed by atoms with Crippen LogP contribution in [0.3, 0.4) is 0 Å². The van der Waals surface area contributed by atoms with Gasteiger partial charge in [-0.3, -0.25) is 0 Å². The zero-order valence-corrected chi connectivity index (χ0v) is 11.2. The maximum absolute atomic E-state index is 12.9. The summed E-state index contributed by atoms with van der Waals surface area (Å²) >= 11 is 2.93. The molecule has 0 amide bonds. The first-order valence-corrected chi connectivity index (χ1v) is 5.98. The summed E-state index contributed by atoms with van der Waals surface area (Å²) in [5.74, 6) is -0.957. The lowest BCUT2D eigenvalue weighted by Crippen LogP contribution is -2.17. The molecule has 0 atom stereocenters. The minimum absolute atomic E-state index is 0.0126. The summed E-state index contributed by atoms with van der Waals surface area (Å²) < 4.78 is 58.1. The number of hydrogen-bond donors (Lipinski definition) is 0. The molecule has 0 aliphatic rings. The summed E-state index contributed by atoms with van der Waals surface area (Å²) in [7, 11) is 0. The molecule has 1 heterocycles. The fourth-order valence-electron chi connectivity index (χ4n) is 1.32. The summed E-state index contributed by atoms with van der Waals surface area (Å²) in [6.45, 7) is 0. The van der Waals surface area contributed by atoms with Crippen LogP contribution in [-0.2, 0) is 0 Å². The van der Waals surface area contributed by atoms with Crippen LogP contribution in [0.4, 0.5) is 17.6 Å². The first kappa shape index (κ1) is 14.6. The van der Waals surface area contributed by atoms with E-state index in [-0.39, 0.29) is 16.1 Å². The highest BCUT2D eigenvalue weighted by Gasteiger charge is 2.32. The predicted molar refractivity (Wildman–Crippen MR) is 65.1 cm³/mol. The van der Waals surface area contributed by atoms with E-state index in [0.717, 1.165) is 12.1 Å². The van der Waals surface area contributed by atoms with Crippen LogP contribution in [0.15, 0.2) is 40.9 Å². The third kappa shape index (κ3) is 4.09.